The van der Waals surface area contributed by atoms with Crippen LogP contribution in [0, 0.1) is 0 Å². The van der Waals surface area contributed by atoms with E-state index in [9.17, 15) is 14.7 Å². The van der Waals surface area contributed by atoms with Crippen LogP contribution in [0.5, 0.6) is 0 Å². The predicted octanol–water partition coefficient (Wildman–Crippen LogP) is 1.95. The second kappa shape index (κ2) is 5.96. The number of carbonyl (C=O) groups excluding carboxylic acids is 2. The van der Waals surface area contributed by atoms with Crippen LogP contribution in [-0.2, 0) is 0 Å². The molecule has 2 aliphatic rings. The zero-order chi connectivity index (χ0) is 16.6. The zero-order valence-electron chi connectivity index (χ0n) is 13.7. The molecular weight excluding hydrogens is 292 g/mol. The molecule has 5 heteroatoms. The van der Waals surface area contributed by atoms with Crippen molar-refractivity contribution in [3.63, 3.8) is 0 Å². The molecule has 0 aromatic heterocycles. The Hall–Kier alpha value is -1.88. The highest BCUT2D eigenvalue weighted by molar-refractivity contribution is 5.98. The van der Waals surface area contributed by atoms with Crippen molar-refractivity contribution in [1.82, 2.24) is 10.2 Å². The van der Waals surface area contributed by atoms with E-state index in [1.54, 1.807) is 43.0 Å². The summed E-state index contributed by atoms with van der Waals surface area (Å²) in [5.41, 5.74) is 0.231. The van der Waals surface area contributed by atoms with Crippen LogP contribution in [0.2, 0.25) is 0 Å². The Morgan fingerprint density at radius 2 is 1.74 bits per heavy atom. The number of hydrogen-bond donors (Lipinski definition) is 2. The van der Waals surface area contributed by atoms with E-state index in [0.29, 0.717) is 23.7 Å². The molecule has 0 bridgehead atoms. The summed E-state index contributed by atoms with van der Waals surface area (Å²) in [4.78, 5) is 26.4. The number of hydrogen-bond acceptors (Lipinski definition) is 3. The summed E-state index contributed by atoms with van der Waals surface area (Å²) in [6.07, 6.45) is 3.82. The van der Waals surface area contributed by atoms with E-state index in [-0.39, 0.29) is 17.9 Å². The topological polar surface area (TPSA) is 69.6 Å². The van der Waals surface area contributed by atoms with Crippen molar-refractivity contribution in [2.24, 2.45) is 0 Å². The van der Waals surface area contributed by atoms with Gasteiger partial charge in [0.1, 0.15) is 0 Å². The quantitative estimate of drug-likeness (QED) is 0.892. The third-order valence-corrected chi connectivity index (χ3v) is 4.64. The van der Waals surface area contributed by atoms with Crippen LogP contribution < -0.4 is 5.32 Å². The molecule has 0 radical (unpaired) electrons. The lowest BCUT2D eigenvalue weighted by atomic mass is 9.96. The number of likely N-dealkylation sites (tertiary alicyclic amines) is 1. The van der Waals surface area contributed by atoms with Gasteiger partial charge in [-0.2, -0.15) is 0 Å². The van der Waals surface area contributed by atoms with Crippen LogP contribution in [0.1, 0.15) is 60.2 Å². The van der Waals surface area contributed by atoms with Crippen molar-refractivity contribution in [3.05, 3.63) is 35.4 Å². The predicted molar refractivity (Wildman–Crippen MR) is 87.3 cm³/mol. The van der Waals surface area contributed by atoms with Gasteiger partial charge in [-0.15, -0.1) is 0 Å². The average molecular weight is 316 g/mol. The van der Waals surface area contributed by atoms with Crippen molar-refractivity contribution in [2.45, 2.75) is 57.2 Å². The summed E-state index contributed by atoms with van der Waals surface area (Å²) in [6.45, 7) is 4.15. The summed E-state index contributed by atoms with van der Waals surface area (Å²) in [6, 6.07) is 6.95. The van der Waals surface area contributed by atoms with Gasteiger partial charge in [-0.1, -0.05) is 0 Å². The van der Waals surface area contributed by atoms with Crippen molar-refractivity contribution in [2.75, 3.05) is 6.54 Å². The summed E-state index contributed by atoms with van der Waals surface area (Å²) in [7, 11) is 0. The molecule has 1 aliphatic heterocycles. The van der Waals surface area contributed by atoms with E-state index in [4.69, 9.17) is 0 Å². The average Bonchev–Trinajstić information content (AvgIpc) is 3.17. The highest BCUT2D eigenvalue weighted by Gasteiger charge is 2.38. The van der Waals surface area contributed by atoms with Crippen LogP contribution in [0.3, 0.4) is 0 Å². The van der Waals surface area contributed by atoms with Crippen molar-refractivity contribution in [1.29, 1.82) is 0 Å². The van der Waals surface area contributed by atoms with E-state index < -0.39 is 5.60 Å². The zero-order valence-corrected chi connectivity index (χ0v) is 13.7. The molecule has 1 aromatic carbocycles. The van der Waals surface area contributed by atoms with Crippen LogP contribution in [0.15, 0.2) is 24.3 Å². The SMILES string of the molecule is CC(C)(O)C1CCCN1C(=O)c1ccc(C(=O)NC2CC2)cc1. The van der Waals surface area contributed by atoms with Crippen molar-refractivity contribution in [3.8, 4) is 0 Å². The maximum Gasteiger partial charge on any atom is 0.254 e. The number of rotatable bonds is 4. The highest BCUT2D eigenvalue weighted by Crippen LogP contribution is 2.28. The van der Waals surface area contributed by atoms with E-state index in [1.807, 2.05) is 0 Å². The Labute approximate surface area is 136 Å². The third kappa shape index (κ3) is 3.55. The Morgan fingerprint density at radius 1 is 1.13 bits per heavy atom. The maximum atomic E-state index is 12.7. The van der Waals surface area contributed by atoms with E-state index in [1.165, 1.54) is 0 Å². The van der Waals surface area contributed by atoms with Gasteiger partial charge in [0.15, 0.2) is 0 Å². The summed E-state index contributed by atoms with van der Waals surface area (Å²) in [5.74, 6) is -0.161. The summed E-state index contributed by atoms with van der Waals surface area (Å²) < 4.78 is 0. The molecular formula is C18H24N2O3. The molecule has 1 aromatic rings. The highest BCUT2D eigenvalue weighted by atomic mass is 16.3. The van der Waals surface area contributed by atoms with Gasteiger partial charge in [0.05, 0.1) is 11.6 Å². The lowest BCUT2D eigenvalue weighted by Crippen LogP contribution is -2.48. The number of amides is 2. The monoisotopic (exact) mass is 316 g/mol. The number of nitrogens with zero attached hydrogens (tertiary/aromatic N) is 1. The van der Waals surface area contributed by atoms with Gasteiger partial charge in [0.2, 0.25) is 0 Å². The Balaban J connectivity index is 1.71. The van der Waals surface area contributed by atoms with Gasteiger partial charge in [-0.25, -0.2) is 0 Å². The molecule has 1 aliphatic carbocycles. The first-order valence-electron chi connectivity index (χ1n) is 8.30. The van der Waals surface area contributed by atoms with Crippen LogP contribution >= 0.6 is 0 Å². The standard InChI is InChI=1S/C18H24N2O3/c1-18(2,23)15-4-3-11-20(15)17(22)13-7-5-12(6-8-13)16(21)19-14-9-10-14/h5-8,14-15,23H,3-4,9-11H2,1-2H3,(H,19,21). The second-order valence-electron chi connectivity index (χ2n) is 7.14. The smallest absolute Gasteiger partial charge is 0.254 e. The molecule has 23 heavy (non-hydrogen) atoms. The molecule has 1 atom stereocenters. The lowest BCUT2D eigenvalue weighted by molar-refractivity contribution is 0.000336. The molecule has 2 fully saturated rings. The molecule has 1 saturated carbocycles. The first kappa shape index (κ1) is 16.0. The Bertz CT molecular complexity index is 600. The molecule has 1 unspecified atom stereocenters. The molecule has 2 amide bonds. The van der Waals surface area contributed by atoms with E-state index >= 15 is 0 Å². The normalized spacial score (nSPS) is 21.3. The van der Waals surface area contributed by atoms with Gasteiger partial charge < -0.3 is 15.3 Å². The van der Waals surface area contributed by atoms with Gasteiger partial charge in [-0.3, -0.25) is 9.59 Å². The maximum absolute atomic E-state index is 12.7. The van der Waals surface area contributed by atoms with Gasteiger partial charge >= 0.3 is 0 Å². The first-order valence-corrected chi connectivity index (χ1v) is 8.30. The van der Waals surface area contributed by atoms with Gasteiger partial charge in [0.25, 0.3) is 11.8 Å². The van der Waals surface area contributed by atoms with Crippen molar-refractivity contribution < 1.29 is 14.7 Å². The fourth-order valence-electron chi connectivity index (χ4n) is 3.17. The number of carbonyl (C=O) groups is 2. The number of nitrogens with one attached hydrogen (secondary N) is 1. The fourth-order valence-corrected chi connectivity index (χ4v) is 3.17. The van der Waals surface area contributed by atoms with Crippen molar-refractivity contribution >= 4 is 11.8 Å². The van der Waals surface area contributed by atoms with E-state index in [0.717, 1.165) is 25.7 Å². The molecule has 1 heterocycles. The molecule has 1 saturated heterocycles. The minimum Gasteiger partial charge on any atom is -0.388 e. The molecule has 0 spiro atoms. The summed E-state index contributed by atoms with van der Waals surface area (Å²) in [5, 5.41) is 13.2. The van der Waals surface area contributed by atoms with Crippen LogP contribution in [0.25, 0.3) is 0 Å². The minimum absolute atomic E-state index is 0.0798. The molecule has 5 nitrogen and oxygen atoms in total. The van der Waals surface area contributed by atoms with Crippen LogP contribution in [0.4, 0.5) is 0 Å². The first-order chi connectivity index (χ1) is 10.9. The van der Waals surface area contributed by atoms with Crippen LogP contribution in [-0.4, -0.2) is 46.1 Å². The lowest BCUT2D eigenvalue weighted by Gasteiger charge is -2.33. The summed E-state index contributed by atoms with van der Waals surface area (Å²) >= 11 is 0. The molecule has 2 N–H and O–H groups in total. The Kier molecular flexibility index (Phi) is 4.15. The second-order valence-corrected chi connectivity index (χ2v) is 7.14. The fraction of sp³-hybridized carbons (Fsp3) is 0.556. The number of benzene rings is 1. The largest absolute Gasteiger partial charge is 0.388 e. The Morgan fingerprint density at radius 3 is 2.30 bits per heavy atom. The molecule has 3 rings (SSSR count). The number of aliphatic hydroxyl groups is 1. The van der Waals surface area contributed by atoms with E-state index in [2.05, 4.69) is 5.32 Å². The van der Waals surface area contributed by atoms with Gasteiger partial charge in [-0.05, 0) is 63.8 Å². The minimum atomic E-state index is -0.906. The molecule has 124 valence electrons. The van der Waals surface area contributed by atoms with Gasteiger partial charge in [0, 0.05) is 23.7 Å². The third-order valence-electron chi connectivity index (χ3n) is 4.64.